The van der Waals surface area contributed by atoms with Crippen LogP contribution in [0.15, 0.2) is 91.0 Å². The van der Waals surface area contributed by atoms with Gasteiger partial charge in [-0.1, -0.05) is 91.0 Å². The molecular formula is C23H26NOP. The van der Waals surface area contributed by atoms with Gasteiger partial charge in [-0.15, -0.1) is 0 Å². The lowest BCUT2D eigenvalue weighted by Gasteiger charge is -2.36. The zero-order chi connectivity index (χ0) is 18.6. The average Bonchev–Trinajstić information content (AvgIpc) is 2.70. The number of hydrogen-bond acceptors (Lipinski definition) is 2. The summed E-state index contributed by atoms with van der Waals surface area (Å²) in [6.07, 6.45) is 0. The molecule has 0 unspecified atom stereocenters. The molecule has 0 aliphatic heterocycles. The minimum Gasteiger partial charge on any atom is -0.313 e. The van der Waals surface area contributed by atoms with Gasteiger partial charge in [0.2, 0.25) is 0 Å². The summed E-state index contributed by atoms with van der Waals surface area (Å²) < 4.78 is 14.8. The molecule has 0 saturated heterocycles. The predicted molar refractivity (Wildman–Crippen MR) is 112 cm³/mol. The van der Waals surface area contributed by atoms with Crippen LogP contribution in [-0.2, 0) is 4.57 Å². The Labute approximate surface area is 156 Å². The van der Waals surface area contributed by atoms with Gasteiger partial charge >= 0.3 is 0 Å². The summed E-state index contributed by atoms with van der Waals surface area (Å²) in [6, 6.07) is 30.3. The molecule has 0 aliphatic carbocycles. The third kappa shape index (κ3) is 3.53. The zero-order valence-corrected chi connectivity index (χ0v) is 16.5. The quantitative estimate of drug-likeness (QED) is 0.592. The largest absolute Gasteiger partial charge is 0.313 e. The maximum atomic E-state index is 14.8. The maximum Gasteiger partial charge on any atom is 0.151 e. The second-order valence-corrected chi connectivity index (χ2v) is 9.79. The third-order valence-corrected chi connectivity index (χ3v) is 8.73. The Hall–Kier alpha value is -2.15. The molecule has 134 valence electrons. The van der Waals surface area contributed by atoms with Crippen molar-refractivity contribution in [2.75, 3.05) is 14.1 Å². The van der Waals surface area contributed by atoms with Crippen LogP contribution in [-0.4, -0.2) is 25.0 Å². The average molecular weight is 363 g/mol. The molecule has 2 nitrogen and oxygen atoms in total. The lowest BCUT2D eigenvalue weighted by Crippen LogP contribution is -2.35. The summed E-state index contributed by atoms with van der Waals surface area (Å²) in [7, 11) is 1.21. The van der Waals surface area contributed by atoms with Gasteiger partial charge in [-0.3, -0.25) is 0 Å². The molecule has 3 aromatic carbocycles. The van der Waals surface area contributed by atoms with Gasteiger partial charge in [-0.25, -0.2) is 0 Å². The number of likely N-dealkylation sites (N-methyl/N-ethyl adjacent to an activating group) is 1. The van der Waals surface area contributed by atoms with E-state index in [0.29, 0.717) is 0 Å². The smallest absolute Gasteiger partial charge is 0.151 e. The van der Waals surface area contributed by atoms with Crippen LogP contribution in [0.5, 0.6) is 0 Å². The van der Waals surface area contributed by atoms with Crippen molar-refractivity contribution in [3.05, 3.63) is 96.6 Å². The molecule has 0 aromatic heterocycles. The molecule has 0 saturated carbocycles. The maximum absolute atomic E-state index is 14.8. The van der Waals surface area contributed by atoms with E-state index < -0.39 is 7.14 Å². The minimum atomic E-state index is -2.91. The summed E-state index contributed by atoms with van der Waals surface area (Å²) in [5.41, 5.74) is 0.994. The number of benzene rings is 3. The number of rotatable bonds is 6. The van der Waals surface area contributed by atoms with Crippen molar-refractivity contribution in [1.29, 1.82) is 0 Å². The molecular weight excluding hydrogens is 337 g/mol. The fourth-order valence-electron chi connectivity index (χ4n) is 3.49. The number of nitrogens with zero attached hydrogens (tertiary/aromatic N) is 1. The first-order valence-corrected chi connectivity index (χ1v) is 10.7. The minimum absolute atomic E-state index is 0.114. The van der Waals surface area contributed by atoms with E-state index in [1.807, 2.05) is 78.9 Å². The van der Waals surface area contributed by atoms with Crippen LogP contribution in [0.3, 0.4) is 0 Å². The van der Waals surface area contributed by atoms with Crippen LogP contribution in [0, 0.1) is 0 Å². The highest BCUT2D eigenvalue weighted by atomic mass is 31.2. The fraction of sp³-hybridized carbons (Fsp3) is 0.217. The van der Waals surface area contributed by atoms with Gasteiger partial charge in [0.25, 0.3) is 0 Å². The lowest BCUT2D eigenvalue weighted by atomic mass is 10.1. The lowest BCUT2D eigenvalue weighted by molar-refractivity contribution is 0.303. The second kappa shape index (κ2) is 8.03. The van der Waals surface area contributed by atoms with Gasteiger partial charge in [0.1, 0.15) is 0 Å². The molecule has 2 atom stereocenters. The van der Waals surface area contributed by atoms with Crippen molar-refractivity contribution in [3.8, 4) is 0 Å². The van der Waals surface area contributed by atoms with Crippen LogP contribution in [0.25, 0.3) is 0 Å². The van der Waals surface area contributed by atoms with Crippen molar-refractivity contribution in [3.63, 3.8) is 0 Å². The van der Waals surface area contributed by atoms with Gasteiger partial charge in [0.05, 0.1) is 5.66 Å². The van der Waals surface area contributed by atoms with E-state index in [1.165, 1.54) is 0 Å². The predicted octanol–water partition coefficient (Wildman–Crippen LogP) is 4.69. The van der Waals surface area contributed by atoms with Gasteiger partial charge in [0.15, 0.2) is 7.14 Å². The summed E-state index contributed by atoms with van der Waals surface area (Å²) >= 11 is 0. The zero-order valence-electron chi connectivity index (χ0n) is 15.6. The Kier molecular flexibility index (Phi) is 5.76. The van der Waals surface area contributed by atoms with E-state index in [2.05, 4.69) is 38.1 Å². The van der Waals surface area contributed by atoms with E-state index in [9.17, 15) is 4.57 Å². The van der Waals surface area contributed by atoms with Crippen molar-refractivity contribution in [1.82, 2.24) is 4.90 Å². The first-order chi connectivity index (χ1) is 12.5. The molecule has 0 heterocycles. The van der Waals surface area contributed by atoms with Crippen LogP contribution in [0.4, 0.5) is 0 Å². The fourth-order valence-corrected chi connectivity index (χ4v) is 7.13. The normalized spacial score (nSPS) is 14.2. The summed E-state index contributed by atoms with van der Waals surface area (Å²) in [5.74, 6) is 0. The van der Waals surface area contributed by atoms with E-state index in [1.54, 1.807) is 0 Å². The summed E-state index contributed by atoms with van der Waals surface area (Å²) in [6.45, 7) is 2.16. The van der Waals surface area contributed by atoms with Crippen LogP contribution < -0.4 is 10.6 Å². The van der Waals surface area contributed by atoms with Crippen LogP contribution in [0.2, 0.25) is 0 Å². The molecule has 0 spiro atoms. The first kappa shape index (κ1) is 18.6. The van der Waals surface area contributed by atoms with Gasteiger partial charge in [0, 0.05) is 16.7 Å². The molecule has 3 rings (SSSR count). The van der Waals surface area contributed by atoms with Crippen molar-refractivity contribution in [2.24, 2.45) is 0 Å². The van der Waals surface area contributed by atoms with Crippen LogP contribution in [0.1, 0.15) is 18.1 Å². The Morgan fingerprint density at radius 1 is 0.692 bits per heavy atom. The monoisotopic (exact) mass is 363 g/mol. The van der Waals surface area contributed by atoms with Gasteiger partial charge in [-0.2, -0.15) is 0 Å². The highest BCUT2D eigenvalue weighted by molar-refractivity contribution is 7.79. The molecule has 3 heteroatoms. The Bertz CT molecular complexity index is 819. The van der Waals surface area contributed by atoms with Crippen molar-refractivity contribution in [2.45, 2.75) is 18.6 Å². The highest BCUT2D eigenvalue weighted by Gasteiger charge is 2.41. The summed E-state index contributed by atoms with van der Waals surface area (Å²) in [4.78, 5) is 2.16. The Balaban J connectivity index is 2.29. The van der Waals surface area contributed by atoms with E-state index >= 15 is 0 Å². The SMILES string of the molecule is C[C@@H]([C@@H](c1ccccc1)P(=O)(c1ccccc1)c1ccccc1)N(C)C. The molecule has 0 fully saturated rings. The van der Waals surface area contributed by atoms with Crippen molar-refractivity contribution < 1.29 is 4.57 Å². The molecule has 0 radical (unpaired) electrons. The van der Waals surface area contributed by atoms with Crippen molar-refractivity contribution >= 4 is 17.8 Å². The molecule has 26 heavy (non-hydrogen) atoms. The van der Waals surface area contributed by atoms with E-state index in [4.69, 9.17) is 0 Å². The second-order valence-electron chi connectivity index (χ2n) is 6.89. The molecule has 0 amide bonds. The van der Waals surface area contributed by atoms with Gasteiger partial charge in [-0.05, 0) is 26.6 Å². The highest BCUT2D eigenvalue weighted by Crippen LogP contribution is 2.59. The standard InChI is InChI=1S/C23H26NOP/c1-19(24(2)3)23(20-13-7-4-8-14-20)26(25,21-15-9-5-10-16-21)22-17-11-6-12-18-22/h4-19,23H,1-3H3/t19-,23-/m0/s1. The molecule has 0 N–H and O–H groups in total. The molecule has 0 aliphatic rings. The Morgan fingerprint density at radius 2 is 1.08 bits per heavy atom. The third-order valence-electron chi connectivity index (χ3n) is 5.08. The van der Waals surface area contributed by atoms with E-state index in [0.717, 1.165) is 16.2 Å². The number of hydrogen-bond donors (Lipinski definition) is 0. The Morgan fingerprint density at radius 3 is 1.46 bits per heavy atom. The molecule has 0 bridgehead atoms. The molecule has 3 aromatic rings. The van der Waals surface area contributed by atoms with E-state index in [-0.39, 0.29) is 11.7 Å². The van der Waals surface area contributed by atoms with Gasteiger partial charge < -0.3 is 9.46 Å². The summed E-state index contributed by atoms with van der Waals surface area (Å²) in [5, 5.41) is 1.82. The van der Waals surface area contributed by atoms with Crippen LogP contribution >= 0.6 is 7.14 Å². The first-order valence-electron chi connectivity index (χ1n) is 8.97. The topological polar surface area (TPSA) is 20.3 Å².